The molecule has 28 heavy (non-hydrogen) atoms. The van der Waals surface area contributed by atoms with Crippen LogP contribution >= 0.6 is 27.7 Å². The van der Waals surface area contributed by atoms with Crippen LogP contribution in [0.4, 0.5) is 5.69 Å². The number of ether oxygens (including phenoxy) is 3. The topological polar surface area (TPSA) is 65.1 Å². The van der Waals surface area contributed by atoms with Gasteiger partial charge in [-0.15, -0.1) is 0 Å². The van der Waals surface area contributed by atoms with Gasteiger partial charge in [0, 0.05) is 9.37 Å². The van der Waals surface area contributed by atoms with Gasteiger partial charge in [0.2, 0.25) is 0 Å². The molecule has 2 aliphatic heterocycles. The fraction of sp³-hybridized carbons (Fsp3) is 0.200. The largest absolute Gasteiger partial charge is 0.466 e. The first-order chi connectivity index (χ1) is 13.5. The fourth-order valence-corrected chi connectivity index (χ4v) is 4.70. The molecular weight excluding hydrogens is 446 g/mol. The summed E-state index contributed by atoms with van der Waals surface area (Å²) < 4.78 is 17.2. The summed E-state index contributed by atoms with van der Waals surface area (Å²) in [6.07, 6.45) is -0.766. The lowest BCUT2D eigenvalue weighted by Crippen LogP contribution is -2.43. The lowest BCUT2D eigenvalue weighted by atomic mass is 9.97. The summed E-state index contributed by atoms with van der Waals surface area (Å²) in [6, 6.07) is 15.0. The van der Waals surface area contributed by atoms with E-state index in [0.29, 0.717) is 0 Å². The molecule has 0 fully saturated rings. The van der Waals surface area contributed by atoms with Crippen molar-refractivity contribution in [3.63, 3.8) is 0 Å². The first-order valence-electron chi connectivity index (χ1n) is 8.41. The van der Waals surface area contributed by atoms with Gasteiger partial charge in [0.25, 0.3) is 0 Å². The van der Waals surface area contributed by atoms with Gasteiger partial charge < -0.3 is 14.2 Å². The van der Waals surface area contributed by atoms with Gasteiger partial charge in [0.05, 0.1) is 19.9 Å². The molecule has 0 saturated heterocycles. The van der Waals surface area contributed by atoms with E-state index in [1.807, 2.05) is 48.5 Å². The molecule has 0 radical (unpaired) electrons. The molecule has 0 saturated carbocycles. The van der Waals surface area contributed by atoms with E-state index in [1.165, 1.54) is 26.0 Å². The Morgan fingerprint density at radius 3 is 2.39 bits per heavy atom. The molecule has 2 atom stereocenters. The van der Waals surface area contributed by atoms with E-state index < -0.39 is 23.6 Å². The van der Waals surface area contributed by atoms with Gasteiger partial charge in [-0.3, -0.25) is 4.90 Å². The molecule has 2 aliphatic rings. The van der Waals surface area contributed by atoms with E-state index >= 15 is 0 Å². The lowest BCUT2D eigenvalue weighted by Gasteiger charge is -2.37. The molecule has 4 rings (SSSR count). The quantitative estimate of drug-likeness (QED) is 0.639. The molecule has 0 spiro atoms. The molecule has 0 aromatic heterocycles. The highest BCUT2D eigenvalue weighted by Gasteiger charge is 2.47. The van der Waals surface area contributed by atoms with Crippen molar-refractivity contribution in [2.45, 2.75) is 16.6 Å². The Morgan fingerprint density at radius 1 is 1.04 bits per heavy atom. The van der Waals surface area contributed by atoms with Crippen LogP contribution in [0.5, 0.6) is 0 Å². The minimum atomic E-state index is -0.766. The molecule has 2 aromatic rings. The van der Waals surface area contributed by atoms with Crippen LogP contribution in [0.15, 0.2) is 69.2 Å². The summed E-state index contributed by atoms with van der Waals surface area (Å²) >= 11 is 4.88. The minimum Gasteiger partial charge on any atom is -0.466 e. The Bertz CT molecular complexity index is 975. The van der Waals surface area contributed by atoms with Gasteiger partial charge in [-0.05, 0) is 29.8 Å². The number of esters is 2. The van der Waals surface area contributed by atoms with Gasteiger partial charge in [0.1, 0.15) is 17.4 Å². The van der Waals surface area contributed by atoms with Crippen LogP contribution in [0.3, 0.4) is 0 Å². The number of fused-ring (bicyclic) bond motifs is 3. The number of rotatable bonds is 3. The lowest BCUT2D eigenvalue weighted by molar-refractivity contribution is -0.142. The summed E-state index contributed by atoms with van der Waals surface area (Å²) in [5.74, 6) is -1.26. The third kappa shape index (κ3) is 3.11. The zero-order valence-corrected chi connectivity index (χ0v) is 17.5. The summed E-state index contributed by atoms with van der Waals surface area (Å²) in [5.41, 5.74) is 1.27. The van der Waals surface area contributed by atoms with E-state index in [9.17, 15) is 9.59 Å². The van der Waals surface area contributed by atoms with Crippen LogP contribution in [-0.2, 0) is 23.8 Å². The standard InChI is InChI=1S/C20H16BrNO5S/c1-25-18(23)15-16(19(24)26-2)22-13-5-3-4-6-14(13)28-20(22)27-17(15)11-7-9-12(21)10-8-11/h3-10,17,20H,1-2H3/t17-,20-/m1/s1. The predicted octanol–water partition coefficient (Wildman–Crippen LogP) is 4.02. The zero-order valence-electron chi connectivity index (χ0n) is 15.0. The molecule has 8 heteroatoms. The average molecular weight is 462 g/mol. The highest BCUT2D eigenvalue weighted by atomic mass is 79.9. The van der Waals surface area contributed by atoms with Crippen LogP contribution in [0.1, 0.15) is 11.7 Å². The molecule has 0 N–H and O–H groups in total. The fourth-order valence-electron chi connectivity index (χ4n) is 3.29. The van der Waals surface area contributed by atoms with E-state index in [1.54, 1.807) is 4.90 Å². The molecule has 0 unspecified atom stereocenters. The molecule has 0 aliphatic carbocycles. The van der Waals surface area contributed by atoms with Gasteiger partial charge in [-0.25, -0.2) is 9.59 Å². The Hall–Kier alpha value is -2.29. The van der Waals surface area contributed by atoms with Crippen molar-refractivity contribution >= 4 is 45.3 Å². The number of para-hydroxylation sites is 1. The molecule has 0 amide bonds. The monoisotopic (exact) mass is 461 g/mol. The highest BCUT2D eigenvalue weighted by Crippen LogP contribution is 2.52. The number of hydrogen-bond acceptors (Lipinski definition) is 7. The molecular formula is C20H16BrNO5S. The van der Waals surface area contributed by atoms with Crippen molar-refractivity contribution in [2.75, 3.05) is 19.1 Å². The number of carbonyl (C=O) groups is 2. The molecule has 6 nitrogen and oxygen atoms in total. The number of methoxy groups -OCH3 is 2. The van der Waals surface area contributed by atoms with E-state index in [2.05, 4.69) is 15.9 Å². The van der Waals surface area contributed by atoms with Crippen molar-refractivity contribution in [2.24, 2.45) is 0 Å². The van der Waals surface area contributed by atoms with Crippen molar-refractivity contribution in [3.8, 4) is 0 Å². The Kier molecular flexibility index (Phi) is 5.18. The summed E-state index contributed by atoms with van der Waals surface area (Å²) in [7, 11) is 2.57. The highest BCUT2D eigenvalue weighted by molar-refractivity contribution is 9.10. The Balaban J connectivity index is 1.93. The summed E-state index contributed by atoms with van der Waals surface area (Å²) in [6.45, 7) is 0. The SMILES string of the molecule is COC(=O)C1=C(C(=O)OC)N2c3ccccc3S[C@H]2O[C@@H]1c1ccc(Br)cc1. The van der Waals surface area contributed by atoms with Gasteiger partial charge in [0.15, 0.2) is 5.56 Å². The van der Waals surface area contributed by atoms with Crippen LogP contribution in [-0.4, -0.2) is 31.7 Å². The van der Waals surface area contributed by atoms with Crippen molar-refractivity contribution in [1.29, 1.82) is 0 Å². The van der Waals surface area contributed by atoms with Crippen molar-refractivity contribution in [3.05, 3.63) is 69.8 Å². The van der Waals surface area contributed by atoms with Crippen LogP contribution in [0.25, 0.3) is 0 Å². The number of halogens is 1. The van der Waals surface area contributed by atoms with Gasteiger partial charge in [-0.1, -0.05) is 52.0 Å². The Labute approximate surface area is 174 Å². The first-order valence-corrected chi connectivity index (χ1v) is 10.1. The Morgan fingerprint density at radius 2 is 1.71 bits per heavy atom. The zero-order chi connectivity index (χ0) is 19.8. The van der Waals surface area contributed by atoms with Crippen LogP contribution in [0, 0.1) is 0 Å². The van der Waals surface area contributed by atoms with E-state index in [0.717, 1.165) is 20.6 Å². The number of thioether (sulfide) groups is 1. The van der Waals surface area contributed by atoms with Crippen LogP contribution in [0.2, 0.25) is 0 Å². The number of anilines is 1. The van der Waals surface area contributed by atoms with Crippen molar-refractivity contribution in [1.82, 2.24) is 0 Å². The second kappa shape index (κ2) is 7.62. The third-order valence-electron chi connectivity index (χ3n) is 4.53. The van der Waals surface area contributed by atoms with Gasteiger partial charge in [-0.2, -0.15) is 0 Å². The second-order valence-corrected chi connectivity index (χ2v) is 8.07. The number of carbonyl (C=O) groups excluding carboxylic acids is 2. The number of benzene rings is 2. The predicted molar refractivity (Wildman–Crippen MR) is 108 cm³/mol. The minimum absolute atomic E-state index is 0.116. The number of hydrogen-bond donors (Lipinski definition) is 0. The maximum Gasteiger partial charge on any atom is 0.355 e. The molecule has 2 aromatic carbocycles. The average Bonchev–Trinajstić information content (AvgIpc) is 3.10. The van der Waals surface area contributed by atoms with Gasteiger partial charge >= 0.3 is 11.9 Å². The third-order valence-corrected chi connectivity index (χ3v) is 6.18. The summed E-state index contributed by atoms with van der Waals surface area (Å²) in [4.78, 5) is 28.2. The normalized spacial score (nSPS) is 20.5. The second-order valence-electron chi connectivity index (χ2n) is 6.08. The van der Waals surface area contributed by atoms with Crippen molar-refractivity contribution < 1.29 is 23.8 Å². The molecule has 144 valence electrons. The van der Waals surface area contributed by atoms with Crippen LogP contribution < -0.4 is 4.90 Å². The smallest absolute Gasteiger partial charge is 0.355 e. The van der Waals surface area contributed by atoms with E-state index in [-0.39, 0.29) is 11.3 Å². The van der Waals surface area contributed by atoms with E-state index in [4.69, 9.17) is 14.2 Å². The maximum absolute atomic E-state index is 12.8. The first kappa shape index (κ1) is 19.0. The molecule has 2 heterocycles. The maximum atomic E-state index is 12.8. The summed E-state index contributed by atoms with van der Waals surface area (Å²) in [5, 5.41) is 0. The number of nitrogens with zero attached hydrogens (tertiary/aromatic N) is 1. The molecule has 0 bridgehead atoms.